The van der Waals surface area contributed by atoms with Gasteiger partial charge in [-0.1, -0.05) is 33.4 Å². The summed E-state index contributed by atoms with van der Waals surface area (Å²) in [6.45, 7) is 10.2. The fraction of sp³-hybridized carbons (Fsp3) is 0.545. The molecule has 0 bridgehead atoms. The first-order chi connectivity index (χ1) is 5.65. The van der Waals surface area contributed by atoms with E-state index >= 15 is 0 Å². The summed E-state index contributed by atoms with van der Waals surface area (Å²) in [5.41, 5.74) is 2.40. The maximum Gasteiger partial charge on any atom is 0.0344 e. The van der Waals surface area contributed by atoms with Crippen molar-refractivity contribution in [2.75, 3.05) is 7.05 Å². The summed E-state index contributed by atoms with van der Waals surface area (Å²) in [6, 6.07) is 0. The van der Waals surface area contributed by atoms with Crippen molar-refractivity contribution in [1.29, 1.82) is 0 Å². The predicted octanol–water partition coefficient (Wildman–Crippen LogP) is 3.24. The summed E-state index contributed by atoms with van der Waals surface area (Å²) in [5, 5.41) is 0. The van der Waals surface area contributed by atoms with Gasteiger partial charge >= 0.3 is 0 Å². The molecule has 0 saturated carbocycles. The maximum atomic E-state index is 4.17. The quantitative estimate of drug-likeness (QED) is 0.448. The number of hydrogen-bond acceptors (Lipinski definition) is 1. The van der Waals surface area contributed by atoms with Gasteiger partial charge in [-0.15, -0.1) is 0 Å². The van der Waals surface area contributed by atoms with Gasteiger partial charge in [-0.05, 0) is 24.0 Å². The predicted molar refractivity (Wildman–Crippen MR) is 56.8 cm³/mol. The average molecular weight is 165 g/mol. The minimum Gasteiger partial charge on any atom is -0.293 e. The Morgan fingerprint density at radius 3 is 2.33 bits per heavy atom. The second-order valence-corrected chi connectivity index (χ2v) is 3.07. The molecule has 0 spiro atoms. The molecular weight excluding hydrogens is 146 g/mol. The van der Waals surface area contributed by atoms with Gasteiger partial charge in [0.1, 0.15) is 0 Å². The van der Waals surface area contributed by atoms with Crippen molar-refractivity contribution in [3.05, 3.63) is 24.3 Å². The molecular formula is C11H19N. The van der Waals surface area contributed by atoms with Crippen molar-refractivity contribution in [2.45, 2.75) is 27.2 Å². The molecule has 0 fully saturated rings. The highest BCUT2D eigenvalue weighted by Crippen LogP contribution is 2.10. The van der Waals surface area contributed by atoms with Crippen molar-refractivity contribution >= 4 is 5.71 Å². The topological polar surface area (TPSA) is 12.4 Å². The lowest BCUT2D eigenvalue weighted by molar-refractivity contribution is 0.793. The summed E-state index contributed by atoms with van der Waals surface area (Å²) in [6.07, 6.45) is 5.02. The first-order valence-electron chi connectivity index (χ1n) is 4.45. The first-order valence-corrected chi connectivity index (χ1v) is 4.45. The highest BCUT2D eigenvalue weighted by atomic mass is 14.7. The van der Waals surface area contributed by atoms with E-state index in [0.717, 1.165) is 12.1 Å². The van der Waals surface area contributed by atoms with Crippen molar-refractivity contribution in [2.24, 2.45) is 10.9 Å². The Hall–Kier alpha value is -0.850. The van der Waals surface area contributed by atoms with Gasteiger partial charge in [-0.25, -0.2) is 0 Å². The largest absolute Gasteiger partial charge is 0.293 e. The van der Waals surface area contributed by atoms with Crippen molar-refractivity contribution in [1.82, 2.24) is 0 Å². The van der Waals surface area contributed by atoms with Crippen LogP contribution in [0.5, 0.6) is 0 Å². The third-order valence-corrected chi connectivity index (χ3v) is 1.89. The third kappa shape index (κ3) is 3.51. The normalized spacial score (nSPS) is 13.8. The van der Waals surface area contributed by atoms with E-state index in [4.69, 9.17) is 0 Å². The summed E-state index contributed by atoms with van der Waals surface area (Å²) >= 11 is 0. The molecule has 0 aromatic carbocycles. The second-order valence-electron chi connectivity index (χ2n) is 3.07. The molecule has 0 N–H and O–H groups in total. The van der Waals surface area contributed by atoms with E-state index in [2.05, 4.69) is 38.4 Å². The van der Waals surface area contributed by atoms with Crippen molar-refractivity contribution < 1.29 is 0 Å². The van der Waals surface area contributed by atoms with E-state index in [0.29, 0.717) is 5.92 Å². The Kier molecular flexibility index (Phi) is 5.35. The van der Waals surface area contributed by atoms with Gasteiger partial charge in [-0.2, -0.15) is 0 Å². The lowest BCUT2D eigenvalue weighted by Crippen LogP contribution is -1.97. The fourth-order valence-electron chi connectivity index (χ4n) is 0.978. The zero-order valence-electron chi connectivity index (χ0n) is 8.59. The van der Waals surface area contributed by atoms with Gasteiger partial charge in [0.25, 0.3) is 0 Å². The zero-order valence-corrected chi connectivity index (χ0v) is 8.59. The molecule has 0 amide bonds. The van der Waals surface area contributed by atoms with Gasteiger partial charge in [-0.3, -0.25) is 4.99 Å². The van der Waals surface area contributed by atoms with Crippen LogP contribution in [0.2, 0.25) is 0 Å². The minimum absolute atomic E-state index is 0.533. The average Bonchev–Trinajstić information content (AvgIpc) is 2.06. The van der Waals surface area contributed by atoms with Gasteiger partial charge in [0.2, 0.25) is 0 Å². The standard InChI is InChI=1S/C11H19N/c1-6-10(9(3)4)8-11(7-2)12-5/h6,8-9H,1,7H2,2-5H3/b10-8+,12-11?. The van der Waals surface area contributed by atoms with Gasteiger partial charge in [0.05, 0.1) is 0 Å². The molecule has 0 aliphatic rings. The fourth-order valence-corrected chi connectivity index (χ4v) is 0.978. The Bertz CT molecular complexity index is 197. The highest BCUT2D eigenvalue weighted by Gasteiger charge is 1.99. The summed E-state index contributed by atoms with van der Waals surface area (Å²) in [7, 11) is 1.83. The van der Waals surface area contributed by atoms with Gasteiger partial charge < -0.3 is 0 Å². The van der Waals surface area contributed by atoms with Gasteiger partial charge in [0.15, 0.2) is 0 Å². The summed E-state index contributed by atoms with van der Waals surface area (Å²) < 4.78 is 0. The van der Waals surface area contributed by atoms with E-state index in [1.54, 1.807) is 0 Å². The SMILES string of the molecule is C=C/C(=C\C(CC)=NC)C(C)C. The molecule has 0 atom stereocenters. The van der Waals surface area contributed by atoms with Crippen LogP contribution in [0.1, 0.15) is 27.2 Å². The molecule has 0 aromatic heterocycles. The highest BCUT2D eigenvalue weighted by molar-refractivity contribution is 5.95. The van der Waals surface area contributed by atoms with E-state index in [1.165, 1.54) is 5.57 Å². The molecule has 0 heterocycles. The van der Waals surface area contributed by atoms with Crippen LogP contribution >= 0.6 is 0 Å². The van der Waals surface area contributed by atoms with Gasteiger partial charge in [0, 0.05) is 12.8 Å². The van der Waals surface area contributed by atoms with Crippen LogP contribution in [0.3, 0.4) is 0 Å². The molecule has 0 aromatic rings. The molecule has 68 valence electrons. The molecule has 0 aliphatic heterocycles. The van der Waals surface area contributed by atoms with Crippen LogP contribution in [-0.2, 0) is 0 Å². The number of allylic oxidation sites excluding steroid dienone is 3. The van der Waals surface area contributed by atoms with Crippen LogP contribution in [0.25, 0.3) is 0 Å². The van der Waals surface area contributed by atoms with E-state index < -0.39 is 0 Å². The van der Waals surface area contributed by atoms with E-state index in [-0.39, 0.29) is 0 Å². The lowest BCUT2D eigenvalue weighted by Gasteiger charge is -2.06. The van der Waals surface area contributed by atoms with Crippen LogP contribution in [0.15, 0.2) is 29.3 Å². The molecule has 1 heteroatoms. The Morgan fingerprint density at radius 2 is 2.08 bits per heavy atom. The van der Waals surface area contributed by atoms with E-state index in [9.17, 15) is 0 Å². The number of hydrogen-bond donors (Lipinski definition) is 0. The van der Waals surface area contributed by atoms with Crippen LogP contribution < -0.4 is 0 Å². The summed E-state index contributed by atoms with van der Waals surface area (Å²) in [5.74, 6) is 0.533. The number of nitrogens with zero attached hydrogens (tertiary/aromatic N) is 1. The molecule has 0 radical (unpaired) electrons. The zero-order chi connectivity index (χ0) is 9.56. The smallest absolute Gasteiger partial charge is 0.0344 e. The Labute approximate surface area is 75.9 Å². The maximum absolute atomic E-state index is 4.17. The molecule has 12 heavy (non-hydrogen) atoms. The second kappa shape index (κ2) is 5.76. The van der Waals surface area contributed by atoms with Crippen molar-refractivity contribution in [3.63, 3.8) is 0 Å². The first kappa shape index (κ1) is 11.2. The molecule has 0 rings (SSSR count). The molecule has 0 saturated heterocycles. The third-order valence-electron chi connectivity index (χ3n) is 1.89. The molecule has 0 unspecified atom stereocenters. The van der Waals surface area contributed by atoms with Crippen LogP contribution in [0.4, 0.5) is 0 Å². The number of rotatable bonds is 4. The minimum atomic E-state index is 0.533. The van der Waals surface area contributed by atoms with Crippen LogP contribution in [-0.4, -0.2) is 12.8 Å². The molecule has 1 nitrogen and oxygen atoms in total. The van der Waals surface area contributed by atoms with Crippen LogP contribution in [0, 0.1) is 5.92 Å². The van der Waals surface area contributed by atoms with Crippen molar-refractivity contribution in [3.8, 4) is 0 Å². The monoisotopic (exact) mass is 165 g/mol. The van der Waals surface area contributed by atoms with E-state index in [1.807, 2.05) is 13.1 Å². The molecule has 0 aliphatic carbocycles. The lowest BCUT2D eigenvalue weighted by atomic mass is 10.0. The Morgan fingerprint density at radius 1 is 1.50 bits per heavy atom. The summed E-state index contributed by atoms with van der Waals surface area (Å²) in [4.78, 5) is 4.17. The number of aliphatic imine (C=N–C) groups is 1. The Balaban J connectivity index is 4.58.